The van der Waals surface area contributed by atoms with E-state index >= 15 is 0 Å². The van der Waals surface area contributed by atoms with Crippen molar-refractivity contribution in [2.24, 2.45) is 0 Å². The van der Waals surface area contributed by atoms with E-state index in [1.54, 1.807) is 12.4 Å². The Hall–Kier alpha value is -3.45. The number of thioether (sulfide) groups is 1. The number of nitrogens with zero attached hydrogens (tertiary/aromatic N) is 4. The standard InChI is InChI=1S/C22H19N5OS/c1-16-7-9-18(10-8-16)24-20(28)15-29-22-26-25-21(17-11-13-23-14-12-17)27(22)19-5-3-2-4-6-19/h2-14H,15H2,1H3,(H,24,28). The minimum atomic E-state index is -0.0908. The molecular formula is C22H19N5OS. The number of amides is 1. The van der Waals surface area contributed by atoms with Crippen LogP contribution in [-0.2, 0) is 4.79 Å². The van der Waals surface area contributed by atoms with E-state index in [0.717, 1.165) is 22.5 Å². The Labute approximate surface area is 173 Å². The normalized spacial score (nSPS) is 10.7. The Balaban J connectivity index is 1.56. The number of hydrogen-bond acceptors (Lipinski definition) is 5. The fourth-order valence-electron chi connectivity index (χ4n) is 2.83. The first-order valence-electron chi connectivity index (χ1n) is 9.11. The number of aromatic nitrogens is 4. The zero-order valence-electron chi connectivity index (χ0n) is 15.8. The molecule has 7 heteroatoms. The lowest BCUT2D eigenvalue weighted by molar-refractivity contribution is -0.113. The third-order valence-corrected chi connectivity index (χ3v) is 5.18. The van der Waals surface area contributed by atoms with Gasteiger partial charge in [0.1, 0.15) is 0 Å². The number of para-hydroxylation sites is 1. The molecule has 1 N–H and O–H groups in total. The molecule has 2 heterocycles. The quantitative estimate of drug-likeness (QED) is 0.486. The molecule has 2 aromatic heterocycles. The van der Waals surface area contributed by atoms with E-state index in [2.05, 4.69) is 20.5 Å². The van der Waals surface area contributed by atoms with Crippen LogP contribution in [-0.4, -0.2) is 31.4 Å². The van der Waals surface area contributed by atoms with Gasteiger partial charge in [-0.1, -0.05) is 47.7 Å². The zero-order valence-corrected chi connectivity index (χ0v) is 16.6. The van der Waals surface area contributed by atoms with Crippen LogP contribution in [0, 0.1) is 6.92 Å². The largest absolute Gasteiger partial charge is 0.325 e. The van der Waals surface area contributed by atoms with Crippen LogP contribution in [0.15, 0.2) is 84.3 Å². The van der Waals surface area contributed by atoms with E-state index < -0.39 is 0 Å². The molecule has 6 nitrogen and oxygen atoms in total. The van der Waals surface area contributed by atoms with Gasteiger partial charge in [0.05, 0.1) is 5.75 Å². The summed E-state index contributed by atoms with van der Waals surface area (Å²) in [6, 6.07) is 21.4. The molecule has 1 amide bonds. The third-order valence-electron chi connectivity index (χ3n) is 4.25. The highest BCUT2D eigenvalue weighted by molar-refractivity contribution is 7.99. The van der Waals surface area contributed by atoms with Crippen molar-refractivity contribution < 1.29 is 4.79 Å². The molecule has 2 aromatic carbocycles. The molecule has 0 aliphatic carbocycles. The van der Waals surface area contributed by atoms with Gasteiger partial charge in [0.25, 0.3) is 0 Å². The summed E-state index contributed by atoms with van der Waals surface area (Å²) < 4.78 is 1.96. The van der Waals surface area contributed by atoms with Crippen LogP contribution in [0.5, 0.6) is 0 Å². The number of carbonyl (C=O) groups is 1. The van der Waals surface area contributed by atoms with Gasteiger partial charge < -0.3 is 5.32 Å². The lowest BCUT2D eigenvalue weighted by Crippen LogP contribution is -2.14. The molecule has 4 aromatic rings. The van der Waals surface area contributed by atoms with Gasteiger partial charge >= 0.3 is 0 Å². The molecule has 0 radical (unpaired) electrons. The maximum absolute atomic E-state index is 12.4. The van der Waals surface area contributed by atoms with Crippen molar-refractivity contribution in [3.05, 3.63) is 84.7 Å². The lowest BCUT2D eigenvalue weighted by Gasteiger charge is -2.10. The van der Waals surface area contributed by atoms with Crippen molar-refractivity contribution in [2.75, 3.05) is 11.1 Å². The Morgan fingerprint density at radius 3 is 2.41 bits per heavy atom. The minimum absolute atomic E-state index is 0.0908. The summed E-state index contributed by atoms with van der Waals surface area (Å²) >= 11 is 1.35. The molecule has 4 rings (SSSR count). The monoisotopic (exact) mass is 401 g/mol. The van der Waals surface area contributed by atoms with Crippen molar-refractivity contribution in [1.82, 2.24) is 19.7 Å². The number of benzene rings is 2. The Kier molecular flexibility index (Phi) is 5.67. The average Bonchev–Trinajstić information content (AvgIpc) is 3.19. The van der Waals surface area contributed by atoms with Gasteiger partial charge in [-0.15, -0.1) is 10.2 Å². The molecule has 0 atom stereocenters. The van der Waals surface area contributed by atoms with Gasteiger partial charge in [-0.3, -0.25) is 14.3 Å². The number of rotatable bonds is 6. The fraction of sp³-hybridized carbons (Fsp3) is 0.0909. The highest BCUT2D eigenvalue weighted by Crippen LogP contribution is 2.27. The second-order valence-corrected chi connectivity index (χ2v) is 7.36. The molecule has 0 fully saturated rings. The van der Waals surface area contributed by atoms with Gasteiger partial charge in [0.2, 0.25) is 5.91 Å². The number of nitrogens with one attached hydrogen (secondary N) is 1. The average molecular weight is 401 g/mol. The highest BCUT2D eigenvalue weighted by atomic mass is 32.2. The Morgan fingerprint density at radius 2 is 1.69 bits per heavy atom. The van der Waals surface area contributed by atoms with Gasteiger partial charge in [-0.25, -0.2) is 0 Å². The molecule has 0 saturated carbocycles. The first kappa shape index (κ1) is 18.9. The summed E-state index contributed by atoms with van der Waals surface area (Å²) in [5, 5.41) is 12.3. The molecule has 29 heavy (non-hydrogen) atoms. The first-order chi connectivity index (χ1) is 14.2. The van der Waals surface area contributed by atoms with Gasteiger partial charge in [-0.2, -0.15) is 0 Å². The maximum atomic E-state index is 12.4. The van der Waals surface area contributed by atoms with E-state index in [1.807, 2.05) is 78.2 Å². The van der Waals surface area contributed by atoms with E-state index in [4.69, 9.17) is 0 Å². The van der Waals surface area contributed by atoms with E-state index in [0.29, 0.717) is 11.0 Å². The molecule has 0 saturated heterocycles. The summed E-state index contributed by atoms with van der Waals surface area (Å²) in [4.78, 5) is 16.5. The SMILES string of the molecule is Cc1ccc(NC(=O)CSc2nnc(-c3ccncc3)n2-c2ccccc2)cc1. The predicted molar refractivity (Wildman–Crippen MR) is 115 cm³/mol. The van der Waals surface area contributed by atoms with Crippen molar-refractivity contribution in [2.45, 2.75) is 12.1 Å². The van der Waals surface area contributed by atoms with Gasteiger partial charge in [-0.05, 0) is 43.3 Å². The summed E-state index contributed by atoms with van der Waals surface area (Å²) in [5.74, 6) is 0.849. The molecular weight excluding hydrogens is 382 g/mol. The molecule has 0 unspecified atom stereocenters. The highest BCUT2D eigenvalue weighted by Gasteiger charge is 2.17. The Bertz CT molecular complexity index is 1100. The second-order valence-electron chi connectivity index (χ2n) is 6.42. The summed E-state index contributed by atoms with van der Waals surface area (Å²) in [6.45, 7) is 2.01. The minimum Gasteiger partial charge on any atom is -0.325 e. The smallest absolute Gasteiger partial charge is 0.234 e. The number of hydrogen-bond donors (Lipinski definition) is 1. The van der Waals surface area contributed by atoms with Crippen LogP contribution >= 0.6 is 11.8 Å². The molecule has 0 aliphatic rings. The van der Waals surface area contributed by atoms with Gasteiger partial charge in [0, 0.05) is 29.3 Å². The molecule has 0 spiro atoms. The zero-order chi connectivity index (χ0) is 20.1. The second kappa shape index (κ2) is 8.70. The van der Waals surface area contributed by atoms with Crippen LogP contribution in [0.4, 0.5) is 5.69 Å². The number of anilines is 1. The van der Waals surface area contributed by atoms with E-state index in [9.17, 15) is 4.79 Å². The molecule has 0 bridgehead atoms. The van der Waals surface area contributed by atoms with Crippen LogP contribution < -0.4 is 5.32 Å². The van der Waals surface area contributed by atoms with Crippen molar-refractivity contribution in [3.63, 3.8) is 0 Å². The van der Waals surface area contributed by atoms with E-state index in [-0.39, 0.29) is 11.7 Å². The number of pyridine rings is 1. The van der Waals surface area contributed by atoms with Crippen LogP contribution in [0.2, 0.25) is 0 Å². The van der Waals surface area contributed by atoms with Gasteiger partial charge in [0.15, 0.2) is 11.0 Å². The van der Waals surface area contributed by atoms with Crippen molar-refractivity contribution >= 4 is 23.4 Å². The molecule has 0 aliphatic heterocycles. The lowest BCUT2D eigenvalue weighted by atomic mass is 10.2. The summed E-state index contributed by atoms with van der Waals surface area (Å²) in [6.07, 6.45) is 3.45. The van der Waals surface area contributed by atoms with Crippen molar-refractivity contribution in [1.29, 1.82) is 0 Å². The number of carbonyl (C=O) groups excluding carboxylic acids is 1. The van der Waals surface area contributed by atoms with E-state index in [1.165, 1.54) is 11.8 Å². The maximum Gasteiger partial charge on any atom is 0.234 e. The summed E-state index contributed by atoms with van der Waals surface area (Å²) in [7, 11) is 0. The first-order valence-corrected chi connectivity index (χ1v) is 10.1. The summed E-state index contributed by atoms with van der Waals surface area (Å²) in [5.41, 5.74) is 3.78. The van der Waals surface area contributed by atoms with Crippen LogP contribution in [0.1, 0.15) is 5.56 Å². The van der Waals surface area contributed by atoms with Crippen molar-refractivity contribution in [3.8, 4) is 17.1 Å². The third kappa shape index (κ3) is 4.52. The molecule has 144 valence electrons. The topological polar surface area (TPSA) is 72.7 Å². The van der Waals surface area contributed by atoms with Crippen LogP contribution in [0.25, 0.3) is 17.1 Å². The predicted octanol–water partition coefficient (Wildman–Crippen LogP) is 4.37. The fourth-order valence-corrected chi connectivity index (χ4v) is 3.58. The Morgan fingerprint density at radius 1 is 0.966 bits per heavy atom. The van der Waals surface area contributed by atoms with Crippen LogP contribution in [0.3, 0.4) is 0 Å². The number of aryl methyl sites for hydroxylation is 1.